The molecule has 0 saturated carbocycles. The summed E-state index contributed by atoms with van der Waals surface area (Å²) >= 11 is 0. The van der Waals surface area contributed by atoms with Crippen LogP contribution in [0.25, 0.3) is 0 Å². The Bertz CT molecular complexity index is 400. The third-order valence-corrected chi connectivity index (χ3v) is 4.15. The van der Waals surface area contributed by atoms with Crippen molar-refractivity contribution < 1.29 is 9.59 Å². The monoisotopic (exact) mass is 278 g/mol. The lowest BCUT2D eigenvalue weighted by Gasteiger charge is -2.43. The first-order valence-corrected chi connectivity index (χ1v) is 7.60. The molecule has 0 aromatic rings. The van der Waals surface area contributed by atoms with Gasteiger partial charge in [-0.3, -0.25) is 9.59 Å². The molecule has 0 aromatic heterocycles. The molecule has 0 radical (unpaired) electrons. The first-order valence-electron chi connectivity index (χ1n) is 7.60. The summed E-state index contributed by atoms with van der Waals surface area (Å²) in [6.07, 6.45) is 8.65. The van der Waals surface area contributed by atoms with Gasteiger partial charge < -0.3 is 10.2 Å². The molecule has 4 heteroatoms. The first-order chi connectivity index (χ1) is 9.51. The molecule has 2 amide bonds. The van der Waals surface area contributed by atoms with E-state index < -0.39 is 12.1 Å². The van der Waals surface area contributed by atoms with Gasteiger partial charge in [-0.25, -0.2) is 0 Å². The fourth-order valence-corrected chi connectivity index (χ4v) is 2.70. The van der Waals surface area contributed by atoms with Gasteiger partial charge in [-0.1, -0.05) is 46.5 Å². The molecule has 1 fully saturated rings. The molecule has 4 unspecified atom stereocenters. The summed E-state index contributed by atoms with van der Waals surface area (Å²) in [6, 6.07) is -1.16. The molecule has 1 saturated heterocycles. The molecule has 0 spiro atoms. The van der Waals surface area contributed by atoms with E-state index in [1.54, 1.807) is 4.90 Å². The summed E-state index contributed by atoms with van der Waals surface area (Å²) < 4.78 is 0. The highest BCUT2D eigenvalue weighted by Crippen LogP contribution is 2.23. The number of hydrogen-bond acceptors (Lipinski definition) is 2. The molecule has 4 nitrogen and oxygen atoms in total. The number of terminal acetylenes is 1. The third kappa shape index (κ3) is 3.15. The minimum Gasteiger partial charge on any atom is -0.342 e. The second-order valence-corrected chi connectivity index (χ2v) is 5.51. The minimum absolute atomic E-state index is 0.0257. The van der Waals surface area contributed by atoms with Gasteiger partial charge in [0.2, 0.25) is 11.8 Å². The number of piperazine rings is 1. The second kappa shape index (κ2) is 7.33. The van der Waals surface area contributed by atoms with Gasteiger partial charge >= 0.3 is 0 Å². The van der Waals surface area contributed by atoms with Crippen molar-refractivity contribution in [2.45, 2.75) is 71.5 Å². The molecule has 0 bridgehead atoms. The Labute approximate surface area is 122 Å². The number of amides is 2. The van der Waals surface area contributed by atoms with Crippen molar-refractivity contribution in [2.24, 2.45) is 5.92 Å². The number of nitrogens with zero attached hydrogens (tertiary/aromatic N) is 1. The summed E-state index contributed by atoms with van der Waals surface area (Å²) in [5.74, 6) is 2.71. The SMILES string of the molecule is C#CC(CCC)N1C(=O)C(C(C)CC)NC(=O)C1CC. The van der Waals surface area contributed by atoms with E-state index in [4.69, 9.17) is 6.42 Å². The van der Waals surface area contributed by atoms with Crippen molar-refractivity contribution in [1.29, 1.82) is 0 Å². The van der Waals surface area contributed by atoms with Gasteiger partial charge in [0.05, 0.1) is 6.04 Å². The van der Waals surface area contributed by atoms with E-state index >= 15 is 0 Å². The van der Waals surface area contributed by atoms with Crippen molar-refractivity contribution in [3.63, 3.8) is 0 Å². The molecule has 1 aliphatic rings. The Hall–Kier alpha value is -1.50. The average Bonchev–Trinajstić information content (AvgIpc) is 2.45. The fourth-order valence-electron chi connectivity index (χ4n) is 2.70. The Morgan fingerprint density at radius 3 is 2.45 bits per heavy atom. The molecular formula is C16H26N2O2. The zero-order chi connectivity index (χ0) is 15.3. The first kappa shape index (κ1) is 16.6. The van der Waals surface area contributed by atoms with Crippen molar-refractivity contribution >= 4 is 11.8 Å². The standard InChI is InChI=1S/C16H26N2O2/c1-6-10-12(8-3)18-13(9-4)15(19)17-14(16(18)20)11(5)7-2/h3,11-14H,6-7,9-10H2,1-2,4-5H3,(H,17,19). The van der Waals surface area contributed by atoms with Crippen molar-refractivity contribution in [3.8, 4) is 12.3 Å². The van der Waals surface area contributed by atoms with E-state index in [9.17, 15) is 9.59 Å². The van der Waals surface area contributed by atoms with E-state index in [2.05, 4.69) is 11.2 Å². The van der Waals surface area contributed by atoms with Crippen LogP contribution in [-0.2, 0) is 9.59 Å². The predicted molar refractivity (Wildman–Crippen MR) is 79.8 cm³/mol. The molecule has 0 aliphatic carbocycles. The van der Waals surface area contributed by atoms with Gasteiger partial charge in [0.1, 0.15) is 12.1 Å². The second-order valence-electron chi connectivity index (χ2n) is 5.51. The summed E-state index contributed by atoms with van der Waals surface area (Å²) in [7, 11) is 0. The van der Waals surface area contributed by atoms with E-state index in [-0.39, 0.29) is 23.8 Å². The van der Waals surface area contributed by atoms with Crippen LogP contribution in [0.3, 0.4) is 0 Å². The maximum Gasteiger partial charge on any atom is 0.247 e. The number of carbonyl (C=O) groups excluding carboxylic acids is 2. The van der Waals surface area contributed by atoms with Crippen LogP contribution in [0, 0.1) is 18.3 Å². The minimum atomic E-state index is -0.442. The maximum absolute atomic E-state index is 12.7. The van der Waals surface area contributed by atoms with Crippen molar-refractivity contribution in [2.75, 3.05) is 0 Å². The van der Waals surface area contributed by atoms with Gasteiger partial charge in [-0.2, -0.15) is 0 Å². The molecule has 112 valence electrons. The van der Waals surface area contributed by atoms with E-state index in [1.807, 2.05) is 27.7 Å². The van der Waals surface area contributed by atoms with Gasteiger partial charge in [-0.15, -0.1) is 6.42 Å². The highest BCUT2D eigenvalue weighted by Gasteiger charge is 2.43. The average molecular weight is 278 g/mol. The van der Waals surface area contributed by atoms with Gasteiger partial charge in [0.25, 0.3) is 0 Å². The van der Waals surface area contributed by atoms with Crippen molar-refractivity contribution in [1.82, 2.24) is 10.2 Å². The molecule has 1 rings (SSSR count). The lowest BCUT2D eigenvalue weighted by Crippen LogP contribution is -2.66. The topological polar surface area (TPSA) is 49.4 Å². The number of nitrogens with one attached hydrogen (secondary N) is 1. The predicted octanol–water partition coefficient (Wildman–Crippen LogP) is 1.94. The molecular weight excluding hydrogens is 252 g/mol. The van der Waals surface area contributed by atoms with Crippen LogP contribution in [0.2, 0.25) is 0 Å². The molecule has 20 heavy (non-hydrogen) atoms. The largest absolute Gasteiger partial charge is 0.342 e. The summed E-state index contributed by atoms with van der Waals surface area (Å²) in [5.41, 5.74) is 0. The summed E-state index contributed by atoms with van der Waals surface area (Å²) in [5, 5.41) is 2.87. The Kier molecular flexibility index (Phi) is 6.06. The highest BCUT2D eigenvalue weighted by atomic mass is 16.2. The maximum atomic E-state index is 12.7. The Morgan fingerprint density at radius 2 is 2.00 bits per heavy atom. The Balaban J connectivity index is 3.09. The number of hydrogen-bond donors (Lipinski definition) is 1. The van der Waals surface area contributed by atoms with Crippen LogP contribution in [0.4, 0.5) is 0 Å². The van der Waals surface area contributed by atoms with Gasteiger partial charge in [0, 0.05) is 0 Å². The van der Waals surface area contributed by atoms with E-state index in [1.165, 1.54) is 0 Å². The van der Waals surface area contributed by atoms with E-state index in [0.29, 0.717) is 6.42 Å². The molecule has 4 atom stereocenters. The third-order valence-electron chi connectivity index (χ3n) is 4.15. The molecule has 1 aliphatic heterocycles. The van der Waals surface area contributed by atoms with Crippen LogP contribution in [0.5, 0.6) is 0 Å². The van der Waals surface area contributed by atoms with Crippen LogP contribution in [-0.4, -0.2) is 34.8 Å². The summed E-state index contributed by atoms with van der Waals surface area (Å²) in [6.45, 7) is 7.95. The number of carbonyl (C=O) groups is 2. The quantitative estimate of drug-likeness (QED) is 0.755. The Morgan fingerprint density at radius 1 is 1.35 bits per heavy atom. The normalized spacial score (nSPS) is 25.9. The number of rotatable bonds is 6. The lowest BCUT2D eigenvalue weighted by atomic mass is 9.92. The zero-order valence-corrected chi connectivity index (χ0v) is 13.0. The molecule has 1 N–H and O–H groups in total. The van der Waals surface area contributed by atoms with Crippen LogP contribution in [0.15, 0.2) is 0 Å². The lowest BCUT2D eigenvalue weighted by molar-refractivity contribution is -0.152. The molecule has 0 aromatic carbocycles. The van der Waals surface area contributed by atoms with Crippen molar-refractivity contribution in [3.05, 3.63) is 0 Å². The smallest absolute Gasteiger partial charge is 0.247 e. The zero-order valence-electron chi connectivity index (χ0n) is 13.0. The van der Waals surface area contributed by atoms with Crippen LogP contribution >= 0.6 is 0 Å². The molecule has 1 heterocycles. The van der Waals surface area contributed by atoms with Crippen LogP contribution in [0.1, 0.15) is 53.4 Å². The highest BCUT2D eigenvalue weighted by molar-refractivity contribution is 5.97. The van der Waals surface area contributed by atoms with Crippen LogP contribution < -0.4 is 5.32 Å². The van der Waals surface area contributed by atoms with Gasteiger partial charge in [-0.05, 0) is 18.8 Å². The van der Waals surface area contributed by atoms with E-state index in [0.717, 1.165) is 19.3 Å². The summed E-state index contributed by atoms with van der Waals surface area (Å²) in [4.78, 5) is 26.6. The fraction of sp³-hybridized carbons (Fsp3) is 0.750. The van der Waals surface area contributed by atoms with Gasteiger partial charge in [0.15, 0.2) is 0 Å².